The zero-order chi connectivity index (χ0) is 11.8. The van der Waals surface area contributed by atoms with Crippen molar-refractivity contribution in [3.8, 4) is 0 Å². The number of hydrogen-bond acceptors (Lipinski definition) is 3. The van der Waals surface area contributed by atoms with Crippen molar-refractivity contribution in [3.05, 3.63) is 23.7 Å². The van der Waals surface area contributed by atoms with Gasteiger partial charge in [-0.1, -0.05) is 0 Å². The first-order chi connectivity index (χ1) is 7.75. The highest BCUT2D eigenvalue weighted by molar-refractivity contribution is 6.17. The van der Waals surface area contributed by atoms with Crippen LogP contribution in [0.25, 0.3) is 0 Å². The Morgan fingerprint density at radius 2 is 2.38 bits per heavy atom. The second-order valence-corrected chi connectivity index (χ2v) is 3.68. The third-order valence-electron chi connectivity index (χ3n) is 2.08. The molecule has 90 valence electrons. The average molecular weight is 246 g/mol. The van der Waals surface area contributed by atoms with E-state index in [1.807, 2.05) is 0 Å². The van der Waals surface area contributed by atoms with Gasteiger partial charge in [0.2, 0.25) is 0 Å². The molecule has 0 aliphatic carbocycles. The number of furan rings is 1. The summed E-state index contributed by atoms with van der Waals surface area (Å²) < 4.78 is 10.2. The van der Waals surface area contributed by atoms with Gasteiger partial charge in [-0.3, -0.25) is 4.79 Å². The molecule has 1 heterocycles. The van der Waals surface area contributed by atoms with Crippen LogP contribution in [0.3, 0.4) is 0 Å². The van der Waals surface area contributed by atoms with E-state index in [2.05, 4.69) is 5.32 Å². The van der Waals surface area contributed by atoms with Gasteiger partial charge >= 0.3 is 0 Å². The number of amides is 1. The Morgan fingerprint density at radius 3 is 3.00 bits per heavy atom. The largest absolute Gasteiger partial charge is 0.469 e. The van der Waals surface area contributed by atoms with Crippen molar-refractivity contribution in [2.75, 3.05) is 25.6 Å². The second kappa shape index (κ2) is 7.30. The van der Waals surface area contributed by atoms with E-state index in [-0.39, 0.29) is 5.91 Å². The van der Waals surface area contributed by atoms with E-state index in [1.165, 1.54) is 6.26 Å². The van der Waals surface area contributed by atoms with Crippen molar-refractivity contribution < 1.29 is 13.9 Å². The molecule has 1 N–H and O–H groups in total. The molecule has 0 spiro atoms. The number of nitrogens with one attached hydrogen (secondary N) is 1. The molecule has 0 unspecified atom stereocenters. The van der Waals surface area contributed by atoms with E-state index in [0.717, 1.165) is 6.42 Å². The van der Waals surface area contributed by atoms with E-state index in [1.54, 1.807) is 13.0 Å². The molecule has 5 heteroatoms. The maximum absolute atomic E-state index is 11.6. The van der Waals surface area contributed by atoms with Crippen molar-refractivity contribution in [1.29, 1.82) is 0 Å². The number of carbonyl (C=O) groups is 1. The molecule has 0 bridgehead atoms. The molecule has 1 rings (SSSR count). The van der Waals surface area contributed by atoms with E-state index in [0.29, 0.717) is 37.0 Å². The Bertz CT molecular complexity index is 325. The number of hydrogen-bond donors (Lipinski definition) is 1. The zero-order valence-electron chi connectivity index (χ0n) is 9.29. The smallest absolute Gasteiger partial charge is 0.254 e. The summed E-state index contributed by atoms with van der Waals surface area (Å²) in [7, 11) is 0. The van der Waals surface area contributed by atoms with Crippen molar-refractivity contribution >= 4 is 17.5 Å². The molecule has 0 saturated heterocycles. The van der Waals surface area contributed by atoms with Crippen LogP contribution in [-0.2, 0) is 4.74 Å². The molecule has 1 aromatic rings. The molecule has 0 fully saturated rings. The van der Waals surface area contributed by atoms with Gasteiger partial charge in [-0.05, 0) is 19.4 Å². The molecular formula is C11H16ClNO3. The maximum atomic E-state index is 11.6. The van der Waals surface area contributed by atoms with Gasteiger partial charge in [-0.2, -0.15) is 0 Å². The molecule has 0 saturated carbocycles. The Hall–Kier alpha value is -1.00. The standard InChI is InChI=1S/C11H16ClNO3/c1-9-10(3-7-16-9)11(14)13-5-2-6-15-8-4-12/h3,7H,2,4-6,8H2,1H3,(H,13,14). The molecular weight excluding hydrogens is 230 g/mol. The highest BCUT2D eigenvalue weighted by atomic mass is 35.5. The van der Waals surface area contributed by atoms with Crippen LogP contribution in [0.15, 0.2) is 16.7 Å². The minimum atomic E-state index is -0.108. The van der Waals surface area contributed by atoms with Crippen molar-refractivity contribution in [2.24, 2.45) is 0 Å². The average Bonchev–Trinajstić information content (AvgIpc) is 2.69. The fourth-order valence-corrected chi connectivity index (χ4v) is 1.36. The minimum absolute atomic E-state index is 0.108. The van der Waals surface area contributed by atoms with E-state index in [4.69, 9.17) is 20.8 Å². The zero-order valence-corrected chi connectivity index (χ0v) is 10.0. The molecule has 4 nitrogen and oxygen atoms in total. The monoisotopic (exact) mass is 245 g/mol. The second-order valence-electron chi connectivity index (χ2n) is 3.30. The van der Waals surface area contributed by atoms with Crippen LogP contribution < -0.4 is 5.32 Å². The highest BCUT2D eigenvalue weighted by Crippen LogP contribution is 2.07. The van der Waals surface area contributed by atoms with E-state index >= 15 is 0 Å². The van der Waals surface area contributed by atoms with Crippen LogP contribution >= 0.6 is 11.6 Å². The first kappa shape index (κ1) is 13.1. The molecule has 1 aromatic heterocycles. The first-order valence-corrected chi connectivity index (χ1v) is 5.75. The predicted molar refractivity (Wildman–Crippen MR) is 61.9 cm³/mol. The molecule has 1 amide bonds. The SMILES string of the molecule is Cc1occc1C(=O)NCCCOCCCl. The van der Waals surface area contributed by atoms with Gasteiger partial charge in [0.05, 0.1) is 18.4 Å². The number of halogens is 1. The predicted octanol–water partition coefficient (Wildman–Crippen LogP) is 1.96. The first-order valence-electron chi connectivity index (χ1n) is 5.21. The van der Waals surface area contributed by atoms with Crippen LogP contribution in [0, 0.1) is 6.92 Å². The fourth-order valence-electron chi connectivity index (χ4n) is 1.25. The lowest BCUT2D eigenvalue weighted by Crippen LogP contribution is -2.25. The molecule has 0 aliphatic rings. The maximum Gasteiger partial charge on any atom is 0.254 e. The summed E-state index contributed by atoms with van der Waals surface area (Å²) >= 11 is 5.44. The Morgan fingerprint density at radius 1 is 1.56 bits per heavy atom. The lowest BCUT2D eigenvalue weighted by atomic mass is 10.2. The lowest BCUT2D eigenvalue weighted by molar-refractivity contribution is 0.0943. The van der Waals surface area contributed by atoms with Crippen molar-refractivity contribution in [3.63, 3.8) is 0 Å². The Kier molecular flexibility index (Phi) is 5.96. The summed E-state index contributed by atoms with van der Waals surface area (Å²) in [6.45, 7) is 3.51. The number of carbonyl (C=O) groups excluding carboxylic acids is 1. The lowest BCUT2D eigenvalue weighted by Gasteiger charge is -2.04. The summed E-state index contributed by atoms with van der Waals surface area (Å²) in [6, 6.07) is 1.66. The van der Waals surface area contributed by atoms with Gasteiger partial charge in [0.1, 0.15) is 5.76 Å². The number of rotatable bonds is 7. The topological polar surface area (TPSA) is 51.5 Å². The summed E-state index contributed by atoms with van der Waals surface area (Å²) in [5.41, 5.74) is 0.585. The summed E-state index contributed by atoms with van der Waals surface area (Å²) in [6.07, 6.45) is 2.29. The fraction of sp³-hybridized carbons (Fsp3) is 0.545. The van der Waals surface area contributed by atoms with Crippen LogP contribution in [0.2, 0.25) is 0 Å². The van der Waals surface area contributed by atoms with Crippen LogP contribution in [0.4, 0.5) is 0 Å². The number of aryl methyl sites for hydroxylation is 1. The number of ether oxygens (including phenoxy) is 1. The molecule has 0 atom stereocenters. The quantitative estimate of drug-likeness (QED) is 0.590. The molecule has 0 aliphatic heterocycles. The van der Waals surface area contributed by atoms with Crippen molar-refractivity contribution in [1.82, 2.24) is 5.32 Å². The highest BCUT2D eigenvalue weighted by Gasteiger charge is 2.09. The van der Waals surface area contributed by atoms with E-state index in [9.17, 15) is 4.79 Å². The summed E-state index contributed by atoms with van der Waals surface area (Å²) in [4.78, 5) is 11.6. The Labute approximate surface area is 99.9 Å². The molecule has 16 heavy (non-hydrogen) atoms. The van der Waals surface area contributed by atoms with Gasteiger partial charge in [0, 0.05) is 19.0 Å². The molecule has 0 aromatic carbocycles. The van der Waals surface area contributed by atoms with Gasteiger partial charge < -0.3 is 14.5 Å². The van der Waals surface area contributed by atoms with Crippen molar-refractivity contribution in [2.45, 2.75) is 13.3 Å². The van der Waals surface area contributed by atoms with Crippen LogP contribution in [-0.4, -0.2) is 31.5 Å². The van der Waals surface area contributed by atoms with Crippen LogP contribution in [0.1, 0.15) is 22.5 Å². The summed E-state index contributed by atoms with van der Waals surface area (Å²) in [5, 5.41) is 2.79. The normalized spacial score (nSPS) is 10.4. The Balaban J connectivity index is 2.14. The van der Waals surface area contributed by atoms with E-state index < -0.39 is 0 Å². The van der Waals surface area contributed by atoms with Gasteiger partial charge in [0.15, 0.2) is 0 Å². The third-order valence-corrected chi connectivity index (χ3v) is 2.23. The minimum Gasteiger partial charge on any atom is -0.469 e. The summed E-state index contributed by atoms with van der Waals surface area (Å²) in [5.74, 6) is 1.03. The van der Waals surface area contributed by atoms with Gasteiger partial charge in [-0.25, -0.2) is 0 Å². The van der Waals surface area contributed by atoms with Gasteiger partial charge in [-0.15, -0.1) is 11.6 Å². The van der Waals surface area contributed by atoms with Crippen LogP contribution in [0.5, 0.6) is 0 Å². The number of alkyl halides is 1. The molecule has 0 radical (unpaired) electrons. The third kappa shape index (κ3) is 4.24. The van der Waals surface area contributed by atoms with Gasteiger partial charge in [0.25, 0.3) is 5.91 Å².